The predicted octanol–water partition coefficient (Wildman–Crippen LogP) is -0.374. The van der Waals surface area contributed by atoms with E-state index in [-0.39, 0.29) is 24.6 Å². The van der Waals surface area contributed by atoms with Crippen LogP contribution in [0.5, 0.6) is 0 Å². The van der Waals surface area contributed by atoms with Crippen molar-refractivity contribution in [3.8, 4) is 0 Å². The molecule has 76 valence electrons. The number of carbonyl (C=O) groups excluding carboxylic acids is 1. The minimum Gasteiger partial charge on any atom is -0.394 e. The number of rotatable bonds is 4. The number of nitrogens with one attached hydrogen (secondary N) is 2. The average molecular weight is 186 g/mol. The predicted molar refractivity (Wildman–Crippen MR) is 50.3 cm³/mol. The van der Waals surface area contributed by atoms with Crippen LogP contribution in [0.3, 0.4) is 0 Å². The Labute approximate surface area is 78.7 Å². The lowest BCUT2D eigenvalue weighted by molar-refractivity contribution is -0.123. The summed E-state index contributed by atoms with van der Waals surface area (Å²) in [5, 5.41) is 14.8. The van der Waals surface area contributed by atoms with Crippen LogP contribution in [0.25, 0.3) is 0 Å². The van der Waals surface area contributed by atoms with Crippen LogP contribution >= 0.6 is 0 Å². The molecule has 0 unspecified atom stereocenters. The molecule has 2 atom stereocenters. The molecule has 0 aromatic heterocycles. The van der Waals surface area contributed by atoms with Gasteiger partial charge in [-0.05, 0) is 25.8 Å². The average Bonchev–Trinajstić information content (AvgIpc) is 2.66. The first-order valence-electron chi connectivity index (χ1n) is 4.92. The molecule has 4 heteroatoms. The maximum absolute atomic E-state index is 11.5. The lowest BCUT2D eigenvalue weighted by atomic mass is 10.2. The molecular formula is C9H18N2O2. The number of aliphatic hydroxyl groups is 1. The van der Waals surface area contributed by atoms with Gasteiger partial charge in [0.25, 0.3) is 0 Å². The van der Waals surface area contributed by atoms with Crippen LogP contribution in [-0.2, 0) is 4.79 Å². The van der Waals surface area contributed by atoms with Crippen molar-refractivity contribution < 1.29 is 9.90 Å². The van der Waals surface area contributed by atoms with Crippen molar-refractivity contribution >= 4 is 5.91 Å². The molecule has 13 heavy (non-hydrogen) atoms. The zero-order valence-corrected chi connectivity index (χ0v) is 8.05. The van der Waals surface area contributed by atoms with E-state index in [2.05, 4.69) is 10.6 Å². The third-order valence-electron chi connectivity index (χ3n) is 2.44. The standard InChI is InChI=1S/C9H18N2O2/c1-2-7(6-12)11-9(13)8-4-3-5-10-8/h7-8,10,12H,2-6H2,1H3,(H,11,13)/t7-,8+/m0/s1. The Balaban J connectivity index is 2.30. The summed E-state index contributed by atoms with van der Waals surface area (Å²) >= 11 is 0. The molecule has 0 bridgehead atoms. The molecule has 1 saturated heterocycles. The third-order valence-corrected chi connectivity index (χ3v) is 2.44. The second-order valence-corrected chi connectivity index (χ2v) is 3.45. The van der Waals surface area contributed by atoms with E-state index in [1.807, 2.05) is 6.92 Å². The largest absolute Gasteiger partial charge is 0.394 e. The smallest absolute Gasteiger partial charge is 0.237 e. The topological polar surface area (TPSA) is 61.4 Å². The van der Waals surface area contributed by atoms with Crippen molar-refractivity contribution in [3.05, 3.63) is 0 Å². The SMILES string of the molecule is CC[C@@H](CO)NC(=O)[C@H]1CCCN1. The molecule has 0 aliphatic carbocycles. The second kappa shape index (κ2) is 5.19. The Kier molecular flexibility index (Phi) is 4.18. The summed E-state index contributed by atoms with van der Waals surface area (Å²) in [4.78, 5) is 11.5. The fraction of sp³-hybridized carbons (Fsp3) is 0.889. The fourth-order valence-corrected chi connectivity index (χ4v) is 1.49. The summed E-state index contributed by atoms with van der Waals surface area (Å²) in [6.07, 6.45) is 2.75. The van der Waals surface area contributed by atoms with Crippen molar-refractivity contribution in [1.29, 1.82) is 0 Å². The normalized spacial score (nSPS) is 24.3. The zero-order valence-electron chi connectivity index (χ0n) is 8.05. The number of hydrogen-bond donors (Lipinski definition) is 3. The van der Waals surface area contributed by atoms with Crippen molar-refractivity contribution in [2.45, 2.75) is 38.3 Å². The molecule has 3 N–H and O–H groups in total. The molecule has 0 saturated carbocycles. The van der Waals surface area contributed by atoms with Gasteiger partial charge in [-0.15, -0.1) is 0 Å². The first-order chi connectivity index (χ1) is 6.27. The summed E-state index contributed by atoms with van der Waals surface area (Å²) in [7, 11) is 0. The van der Waals surface area contributed by atoms with Crippen LogP contribution in [0.15, 0.2) is 0 Å². The van der Waals surface area contributed by atoms with Gasteiger partial charge in [0.15, 0.2) is 0 Å². The molecule has 4 nitrogen and oxygen atoms in total. The number of aliphatic hydroxyl groups excluding tert-OH is 1. The van der Waals surface area contributed by atoms with E-state index in [1.165, 1.54) is 0 Å². The van der Waals surface area contributed by atoms with Crippen LogP contribution in [0, 0.1) is 0 Å². The summed E-state index contributed by atoms with van der Waals surface area (Å²) in [5.74, 6) is 0.0263. The molecule has 1 rings (SSSR count). The number of carbonyl (C=O) groups is 1. The van der Waals surface area contributed by atoms with Crippen LogP contribution in [0.1, 0.15) is 26.2 Å². The zero-order chi connectivity index (χ0) is 9.68. The van der Waals surface area contributed by atoms with Gasteiger partial charge in [0.05, 0.1) is 18.7 Å². The quantitative estimate of drug-likeness (QED) is 0.561. The second-order valence-electron chi connectivity index (χ2n) is 3.45. The van der Waals surface area contributed by atoms with Crippen LogP contribution in [0.4, 0.5) is 0 Å². The maximum Gasteiger partial charge on any atom is 0.237 e. The van der Waals surface area contributed by atoms with E-state index >= 15 is 0 Å². The van der Waals surface area contributed by atoms with Crippen molar-refractivity contribution in [2.75, 3.05) is 13.2 Å². The van der Waals surface area contributed by atoms with E-state index in [1.54, 1.807) is 0 Å². The van der Waals surface area contributed by atoms with Crippen LogP contribution < -0.4 is 10.6 Å². The van der Waals surface area contributed by atoms with Gasteiger partial charge in [-0.1, -0.05) is 6.92 Å². The van der Waals surface area contributed by atoms with Gasteiger partial charge >= 0.3 is 0 Å². The molecule has 1 heterocycles. The Morgan fingerprint density at radius 3 is 3.00 bits per heavy atom. The van der Waals surface area contributed by atoms with Crippen LogP contribution in [0.2, 0.25) is 0 Å². The van der Waals surface area contributed by atoms with Gasteiger partial charge in [0, 0.05) is 0 Å². The minimum atomic E-state index is -0.0881. The van der Waals surface area contributed by atoms with Crippen LogP contribution in [-0.4, -0.2) is 36.2 Å². The first kappa shape index (κ1) is 10.5. The molecule has 1 fully saturated rings. The molecule has 1 aliphatic rings. The van der Waals surface area contributed by atoms with Gasteiger partial charge in [0.1, 0.15) is 0 Å². The maximum atomic E-state index is 11.5. The number of amides is 1. The minimum absolute atomic E-state index is 0.0228. The highest BCUT2D eigenvalue weighted by Gasteiger charge is 2.23. The summed E-state index contributed by atoms with van der Waals surface area (Å²) in [5.41, 5.74) is 0. The van der Waals surface area contributed by atoms with Gasteiger partial charge in [0.2, 0.25) is 5.91 Å². The van der Waals surface area contributed by atoms with E-state index < -0.39 is 0 Å². The highest BCUT2D eigenvalue weighted by molar-refractivity contribution is 5.82. The van der Waals surface area contributed by atoms with E-state index in [9.17, 15) is 4.79 Å². The van der Waals surface area contributed by atoms with Crippen molar-refractivity contribution in [2.24, 2.45) is 0 Å². The lowest BCUT2D eigenvalue weighted by Gasteiger charge is -2.17. The van der Waals surface area contributed by atoms with Gasteiger partial charge in [-0.3, -0.25) is 4.79 Å². The van der Waals surface area contributed by atoms with Gasteiger partial charge in [-0.25, -0.2) is 0 Å². The van der Waals surface area contributed by atoms with Crippen molar-refractivity contribution in [3.63, 3.8) is 0 Å². The summed E-state index contributed by atoms with van der Waals surface area (Å²) < 4.78 is 0. The molecular weight excluding hydrogens is 168 g/mol. The Morgan fingerprint density at radius 1 is 1.77 bits per heavy atom. The molecule has 0 spiro atoms. The fourth-order valence-electron chi connectivity index (χ4n) is 1.49. The molecule has 0 aromatic rings. The first-order valence-corrected chi connectivity index (χ1v) is 4.92. The van der Waals surface area contributed by atoms with Gasteiger partial charge in [-0.2, -0.15) is 0 Å². The molecule has 1 aliphatic heterocycles. The highest BCUT2D eigenvalue weighted by atomic mass is 16.3. The third kappa shape index (κ3) is 2.97. The monoisotopic (exact) mass is 186 g/mol. The number of hydrogen-bond acceptors (Lipinski definition) is 3. The Hall–Kier alpha value is -0.610. The van der Waals surface area contributed by atoms with E-state index in [0.29, 0.717) is 0 Å². The Bertz CT molecular complexity index is 163. The van der Waals surface area contributed by atoms with Gasteiger partial charge < -0.3 is 15.7 Å². The van der Waals surface area contributed by atoms with Crippen molar-refractivity contribution in [1.82, 2.24) is 10.6 Å². The Morgan fingerprint density at radius 2 is 2.54 bits per heavy atom. The molecule has 0 radical (unpaired) electrons. The highest BCUT2D eigenvalue weighted by Crippen LogP contribution is 2.05. The molecule has 1 amide bonds. The lowest BCUT2D eigenvalue weighted by Crippen LogP contribution is -2.46. The summed E-state index contributed by atoms with van der Waals surface area (Å²) in [6, 6.07) is -0.129. The van der Waals surface area contributed by atoms with E-state index in [4.69, 9.17) is 5.11 Å². The summed E-state index contributed by atoms with van der Waals surface area (Å²) in [6.45, 7) is 2.90. The molecule has 0 aromatic carbocycles. The van der Waals surface area contributed by atoms with E-state index in [0.717, 1.165) is 25.8 Å².